The number of pyridine rings is 2. The van der Waals surface area contributed by atoms with E-state index in [1.807, 2.05) is 32.0 Å². The molecule has 7 nitrogen and oxygen atoms in total. The fraction of sp³-hybridized carbons (Fsp3) is 0.238. The van der Waals surface area contributed by atoms with Gasteiger partial charge >= 0.3 is 0 Å². The van der Waals surface area contributed by atoms with Crippen molar-refractivity contribution < 1.29 is 13.7 Å². The predicted octanol–water partition coefficient (Wildman–Crippen LogP) is 4.37. The Labute approximate surface area is 167 Å². The molecule has 0 aliphatic carbocycles. The zero-order valence-corrected chi connectivity index (χ0v) is 16.4. The number of fused-ring (bicyclic) bond motifs is 1. The highest BCUT2D eigenvalue weighted by Gasteiger charge is 2.18. The van der Waals surface area contributed by atoms with Gasteiger partial charge in [0.25, 0.3) is 5.89 Å². The Morgan fingerprint density at radius 2 is 2.00 bits per heavy atom. The lowest BCUT2D eigenvalue weighted by Gasteiger charge is -2.13. The van der Waals surface area contributed by atoms with Gasteiger partial charge in [0.05, 0.1) is 23.5 Å². The van der Waals surface area contributed by atoms with Gasteiger partial charge in [-0.1, -0.05) is 11.2 Å². The lowest BCUT2D eigenvalue weighted by Crippen LogP contribution is -2.00. The molecule has 0 saturated heterocycles. The quantitative estimate of drug-likeness (QED) is 0.521. The Morgan fingerprint density at radius 1 is 1.14 bits per heavy atom. The minimum absolute atomic E-state index is 0.293. The van der Waals surface area contributed by atoms with E-state index in [4.69, 9.17) is 9.26 Å². The first-order valence-electron chi connectivity index (χ1n) is 9.16. The molecule has 3 aromatic heterocycles. The summed E-state index contributed by atoms with van der Waals surface area (Å²) in [6.45, 7) is 4.21. The van der Waals surface area contributed by atoms with Crippen molar-refractivity contribution in [3.8, 4) is 11.5 Å². The fourth-order valence-electron chi connectivity index (χ4n) is 2.98. The number of anilines is 2. The van der Waals surface area contributed by atoms with Crippen LogP contribution in [0.15, 0.2) is 41.1 Å². The van der Waals surface area contributed by atoms with Crippen molar-refractivity contribution in [3.63, 3.8) is 0 Å². The molecule has 0 saturated carbocycles. The maximum absolute atomic E-state index is 14.5. The number of rotatable bonds is 6. The normalized spacial score (nSPS) is 11.2. The van der Waals surface area contributed by atoms with Gasteiger partial charge in [-0.3, -0.25) is 0 Å². The van der Waals surface area contributed by atoms with E-state index in [0.717, 1.165) is 16.6 Å². The van der Waals surface area contributed by atoms with Crippen molar-refractivity contribution in [3.05, 3.63) is 59.4 Å². The van der Waals surface area contributed by atoms with Crippen LogP contribution in [0.25, 0.3) is 22.5 Å². The van der Waals surface area contributed by atoms with Gasteiger partial charge in [-0.2, -0.15) is 4.98 Å². The highest BCUT2D eigenvalue weighted by atomic mass is 19.1. The molecule has 1 aromatic carbocycles. The van der Waals surface area contributed by atoms with Gasteiger partial charge < -0.3 is 14.6 Å². The summed E-state index contributed by atoms with van der Waals surface area (Å²) in [6, 6.07) is 8.78. The molecule has 3 heterocycles. The Bertz CT molecular complexity index is 1180. The van der Waals surface area contributed by atoms with Crippen molar-refractivity contribution in [2.75, 3.05) is 19.0 Å². The first-order valence-corrected chi connectivity index (χ1v) is 9.16. The third-order valence-electron chi connectivity index (χ3n) is 4.48. The maximum atomic E-state index is 14.5. The number of methoxy groups -OCH3 is 1. The second-order valence-corrected chi connectivity index (χ2v) is 6.74. The predicted molar refractivity (Wildman–Crippen MR) is 108 cm³/mol. The number of halogens is 1. The highest BCUT2D eigenvalue weighted by molar-refractivity contribution is 5.98. The van der Waals surface area contributed by atoms with E-state index in [0.29, 0.717) is 47.3 Å². The van der Waals surface area contributed by atoms with Crippen LogP contribution in [-0.4, -0.2) is 33.8 Å². The Balaban J connectivity index is 1.84. The van der Waals surface area contributed by atoms with Crippen molar-refractivity contribution in [2.24, 2.45) is 0 Å². The highest BCUT2D eigenvalue weighted by Crippen LogP contribution is 2.35. The molecule has 148 valence electrons. The lowest BCUT2D eigenvalue weighted by molar-refractivity contribution is 0.199. The molecule has 0 aliphatic heterocycles. The van der Waals surface area contributed by atoms with Gasteiger partial charge in [-0.25, -0.2) is 14.4 Å². The summed E-state index contributed by atoms with van der Waals surface area (Å²) in [5.74, 6) is 0.463. The molecule has 29 heavy (non-hydrogen) atoms. The first-order chi connectivity index (χ1) is 14.0. The molecule has 0 fully saturated rings. The number of nitrogens with zero attached hydrogens (tertiary/aromatic N) is 4. The number of nitrogens with one attached hydrogen (secondary N) is 1. The van der Waals surface area contributed by atoms with Crippen molar-refractivity contribution in [1.29, 1.82) is 0 Å². The summed E-state index contributed by atoms with van der Waals surface area (Å²) >= 11 is 0. The number of hydrogen-bond acceptors (Lipinski definition) is 7. The van der Waals surface area contributed by atoms with Gasteiger partial charge in [0.1, 0.15) is 5.82 Å². The molecular weight excluding hydrogens is 373 g/mol. The van der Waals surface area contributed by atoms with Crippen molar-refractivity contribution in [1.82, 2.24) is 20.1 Å². The summed E-state index contributed by atoms with van der Waals surface area (Å²) in [5, 5.41) is 7.89. The zero-order chi connectivity index (χ0) is 20.4. The number of hydrogen-bond donors (Lipinski definition) is 1. The maximum Gasteiger partial charge on any atom is 0.261 e. The number of aryl methyl sites for hydroxylation is 2. The Morgan fingerprint density at radius 3 is 2.79 bits per heavy atom. The molecule has 0 aliphatic rings. The second kappa shape index (κ2) is 7.92. The summed E-state index contributed by atoms with van der Waals surface area (Å²) in [6.07, 6.45) is 2.13. The van der Waals surface area contributed by atoms with Gasteiger partial charge in [0, 0.05) is 30.8 Å². The molecule has 0 radical (unpaired) electrons. The van der Waals surface area contributed by atoms with Crippen LogP contribution in [-0.2, 0) is 11.2 Å². The van der Waals surface area contributed by atoms with E-state index in [1.54, 1.807) is 19.4 Å². The molecule has 0 spiro atoms. The third-order valence-corrected chi connectivity index (χ3v) is 4.48. The number of benzene rings is 1. The van der Waals surface area contributed by atoms with Crippen molar-refractivity contribution in [2.45, 2.75) is 20.3 Å². The van der Waals surface area contributed by atoms with E-state index < -0.39 is 0 Å². The first kappa shape index (κ1) is 18.9. The van der Waals surface area contributed by atoms with Crippen LogP contribution in [0.3, 0.4) is 0 Å². The Hall–Kier alpha value is -3.39. The van der Waals surface area contributed by atoms with E-state index >= 15 is 0 Å². The van der Waals surface area contributed by atoms with Crippen LogP contribution < -0.4 is 5.32 Å². The average molecular weight is 393 g/mol. The monoisotopic (exact) mass is 393 g/mol. The third kappa shape index (κ3) is 3.93. The van der Waals surface area contributed by atoms with Crippen LogP contribution >= 0.6 is 0 Å². The van der Waals surface area contributed by atoms with Crippen LogP contribution in [0.2, 0.25) is 0 Å². The molecule has 8 heteroatoms. The van der Waals surface area contributed by atoms with E-state index in [2.05, 4.69) is 25.4 Å². The standard InChI is InChI=1S/C21H20FN5O2/c1-12-4-7-17(16(22)10-12)25-19-14-6-5-13(2)24-20(14)23-11-15(19)21-26-18(27-29-21)8-9-28-3/h4-7,10-11H,8-9H2,1-3H3,(H,23,24,25). The fourth-order valence-corrected chi connectivity index (χ4v) is 2.98. The largest absolute Gasteiger partial charge is 0.384 e. The van der Waals surface area contributed by atoms with Crippen LogP contribution in [0.1, 0.15) is 17.1 Å². The summed E-state index contributed by atoms with van der Waals surface area (Å²) < 4.78 is 25.0. The van der Waals surface area contributed by atoms with Crippen LogP contribution in [0.4, 0.5) is 15.8 Å². The van der Waals surface area contributed by atoms with E-state index in [-0.39, 0.29) is 5.82 Å². The summed E-state index contributed by atoms with van der Waals surface area (Å²) in [4.78, 5) is 13.3. The second-order valence-electron chi connectivity index (χ2n) is 6.74. The molecular formula is C21H20FN5O2. The van der Waals surface area contributed by atoms with Gasteiger partial charge in [0.2, 0.25) is 0 Å². The minimum Gasteiger partial charge on any atom is -0.384 e. The number of aromatic nitrogens is 4. The smallest absolute Gasteiger partial charge is 0.261 e. The van der Waals surface area contributed by atoms with Crippen LogP contribution in [0, 0.1) is 19.7 Å². The minimum atomic E-state index is -0.354. The Kier molecular flexibility index (Phi) is 5.18. The average Bonchev–Trinajstić information content (AvgIpc) is 3.17. The van der Waals surface area contributed by atoms with E-state index in [1.165, 1.54) is 6.07 Å². The SMILES string of the molecule is COCCc1noc(-c2cnc3nc(C)ccc3c2Nc2ccc(C)cc2F)n1. The lowest BCUT2D eigenvalue weighted by atomic mass is 10.1. The molecule has 0 unspecified atom stereocenters. The van der Waals surface area contributed by atoms with Gasteiger partial charge in [0.15, 0.2) is 11.5 Å². The van der Waals surface area contributed by atoms with E-state index in [9.17, 15) is 4.39 Å². The zero-order valence-electron chi connectivity index (χ0n) is 16.4. The summed E-state index contributed by atoms with van der Waals surface area (Å²) in [7, 11) is 1.61. The molecule has 0 amide bonds. The summed E-state index contributed by atoms with van der Waals surface area (Å²) in [5.41, 5.74) is 3.73. The molecule has 0 bridgehead atoms. The molecule has 0 atom stereocenters. The van der Waals surface area contributed by atoms with Crippen molar-refractivity contribution >= 4 is 22.4 Å². The molecule has 4 rings (SSSR count). The number of ether oxygens (including phenoxy) is 1. The molecule has 4 aromatic rings. The van der Waals surface area contributed by atoms with Gasteiger partial charge in [-0.15, -0.1) is 0 Å². The molecule has 1 N–H and O–H groups in total. The topological polar surface area (TPSA) is 86.0 Å². The van der Waals surface area contributed by atoms with Gasteiger partial charge in [-0.05, 0) is 43.7 Å². The van der Waals surface area contributed by atoms with Crippen LogP contribution in [0.5, 0.6) is 0 Å².